The summed E-state index contributed by atoms with van der Waals surface area (Å²) < 4.78 is 15.9. The summed E-state index contributed by atoms with van der Waals surface area (Å²) in [6.07, 6.45) is 1.93. The minimum atomic E-state index is -0.410. The van der Waals surface area contributed by atoms with E-state index in [1.54, 1.807) is 24.5 Å². The highest BCUT2D eigenvalue weighted by Crippen LogP contribution is 2.22. The number of rotatable bonds is 2. The summed E-state index contributed by atoms with van der Waals surface area (Å²) in [5, 5.41) is 0.266. The lowest BCUT2D eigenvalue weighted by atomic mass is 10.0. The minimum Gasteiger partial charge on any atom is -0.344 e. The van der Waals surface area contributed by atoms with E-state index in [0.29, 0.717) is 24.0 Å². The van der Waals surface area contributed by atoms with E-state index in [1.807, 2.05) is 6.92 Å². The Morgan fingerprint density at radius 3 is 2.61 bits per heavy atom. The number of pyridine rings is 1. The predicted molar refractivity (Wildman–Crippen MR) is 68.7 cm³/mol. The van der Waals surface area contributed by atoms with E-state index in [0.717, 1.165) is 0 Å². The third-order valence-corrected chi connectivity index (χ3v) is 3.30. The van der Waals surface area contributed by atoms with Gasteiger partial charge in [-0.15, -0.1) is 0 Å². The molecule has 0 aliphatic heterocycles. The molecule has 0 amide bonds. The normalized spacial score (nSPS) is 10.9. The van der Waals surface area contributed by atoms with Crippen molar-refractivity contribution < 1.29 is 9.18 Å². The van der Waals surface area contributed by atoms with E-state index in [1.165, 1.54) is 6.20 Å². The molecule has 2 rings (SSSR count). The Morgan fingerprint density at radius 2 is 2.06 bits per heavy atom. The van der Waals surface area contributed by atoms with Crippen LogP contribution in [0.2, 0.25) is 0 Å². The molecule has 0 unspecified atom stereocenters. The van der Waals surface area contributed by atoms with E-state index < -0.39 is 5.43 Å². The zero-order valence-corrected chi connectivity index (χ0v) is 10.6. The maximum absolute atomic E-state index is 14.3. The zero-order chi connectivity index (χ0) is 13.4. The first-order chi connectivity index (χ1) is 8.51. The average molecular weight is 247 g/mol. The second-order valence-corrected chi connectivity index (χ2v) is 4.35. The molecule has 1 aromatic carbocycles. The highest BCUT2D eigenvalue weighted by Gasteiger charge is 2.15. The van der Waals surface area contributed by atoms with Gasteiger partial charge in [-0.25, -0.2) is 4.39 Å². The lowest BCUT2D eigenvalue weighted by Gasteiger charge is -2.13. The van der Waals surface area contributed by atoms with Crippen molar-refractivity contribution in [3.8, 4) is 0 Å². The number of nitrogens with zero attached hydrogens (tertiary/aromatic N) is 1. The fraction of sp³-hybridized carbons (Fsp3) is 0.286. The van der Waals surface area contributed by atoms with Gasteiger partial charge in [0, 0.05) is 18.1 Å². The summed E-state index contributed by atoms with van der Waals surface area (Å²) in [6, 6.07) is 1.65. The van der Waals surface area contributed by atoms with Crippen molar-refractivity contribution in [1.29, 1.82) is 0 Å². The Hall–Kier alpha value is -1.97. The first-order valence-corrected chi connectivity index (χ1v) is 5.79. The van der Waals surface area contributed by atoms with E-state index >= 15 is 0 Å². The van der Waals surface area contributed by atoms with Crippen molar-refractivity contribution >= 4 is 17.2 Å². The van der Waals surface area contributed by atoms with Gasteiger partial charge in [-0.05, 0) is 38.0 Å². The number of benzene rings is 1. The van der Waals surface area contributed by atoms with Gasteiger partial charge in [0.15, 0.2) is 17.5 Å². The van der Waals surface area contributed by atoms with Crippen LogP contribution in [0.4, 0.5) is 4.39 Å². The van der Waals surface area contributed by atoms with Crippen LogP contribution in [0.1, 0.15) is 28.4 Å². The first kappa shape index (κ1) is 12.5. The van der Waals surface area contributed by atoms with Crippen LogP contribution in [-0.2, 0) is 6.54 Å². The van der Waals surface area contributed by atoms with Crippen molar-refractivity contribution in [3.63, 3.8) is 0 Å². The molecule has 0 aliphatic rings. The van der Waals surface area contributed by atoms with Crippen molar-refractivity contribution in [2.75, 3.05) is 0 Å². The van der Waals surface area contributed by atoms with Crippen molar-refractivity contribution in [3.05, 3.63) is 45.0 Å². The fourth-order valence-electron chi connectivity index (χ4n) is 2.10. The molecular weight excluding hydrogens is 233 g/mol. The third-order valence-electron chi connectivity index (χ3n) is 3.30. The predicted octanol–water partition coefficient (Wildman–Crippen LogP) is 2.59. The number of aromatic nitrogens is 1. The number of carbonyl (C=O) groups is 1. The molecule has 0 saturated heterocycles. The molecule has 0 atom stereocenters. The highest BCUT2D eigenvalue weighted by atomic mass is 19.1. The van der Waals surface area contributed by atoms with Crippen LogP contribution in [-0.4, -0.2) is 10.9 Å². The Morgan fingerprint density at radius 1 is 1.39 bits per heavy atom. The van der Waals surface area contributed by atoms with E-state index in [9.17, 15) is 14.0 Å². The smallest absolute Gasteiger partial charge is 0.200 e. The second-order valence-electron chi connectivity index (χ2n) is 4.35. The number of fused-ring (bicyclic) bond motifs is 1. The highest BCUT2D eigenvalue weighted by molar-refractivity contribution is 5.87. The number of carbonyl (C=O) groups excluding carboxylic acids is 1. The number of aryl methyl sites for hydroxylation is 2. The van der Waals surface area contributed by atoms with Crippen LogP contribution in [0.25, 0.3) is 10.9 Å². The topological polar surface area (TPSA) is 39.1 Å². The van der Waals surface area contributed by atoms with Crippen molar-refractivity contribution in [2.45, 2.75) is 27.3 Å². The number of halogens is 1. The van der Waals surface area contributed by atoms with Gasteiger partial charge in [0.1, 0.15) is 0 Å². The Balaban J connectivity index is 3.09. The zero-order valence-electron chi connectivity index (χ0n) is 10.6. The Bertz CT molecular complexity index is 701. The summed E-state index contributed by atoms with van der Waals surface area (Å²) in [5.41, 5.74) is 1.17. The lowest BCUT2D eigenvalue weighted by Crippen LogP contribution is -2.16. The van der Waals surface area contributed by atoms with Crippen molar-refractivity contribution in [2.24, 2.45) is 0 Å². The quantitative estimate of drug-likeness (QED) is 0.765. The molecule has 1 aromatic heterocycles. The van der Waals surface area contributed by atoms with E-state index in [2.05, 4.69) is 0 Å². The minimum absolute atomic E-state index is 0.0620. The summed E-state index contributed by atoms with van der Waals surface area (Å²) in [5.74, 6) is -0.388. The van der Waals surface area contributed by atoms with Gasteiger partial charge in [-0.3, -0.25) is 9.59 Å². The van der Waals surface area contributed by atoms with Gasteiger partial charge in [-0.1, -0.05) is 0 Å². The van der Waals surface area contributed by atoms with Crippen LogP contribution in [0.15, 0.2) is 17.1 Å². The van der Waals surface area contributed by atoms with Crippen LogP contribution < -0.4 is 5.43 Å². The molecular formula is C14H14FNO2. The SMILES string of the molecule is CCn1cc(C=O)c(=O)c2cc(C)c(C)c(F)c21. The molecule has 0 saturated carbocycles. The number of hydrogen-bond acceptors (Lipinski definition) is 2. The molecule has 0 spiro atoms. The van der Waals surface area contributed by atoms with Crippen LogP contribution in [0.3, 0.4) is 0 Å². The van der Waals surface area contributed by atoms with Gasteiger partial charge in [0.25, 0.3) is 0 Å². The van der Waals surface area contributed by atoms with Gasteiger partial charge in [0.2, 0.25) is 0 Å². The van der Waals surface area contributed by atoms with Gasteiger partial charge < -0.3 is 4.57 Å². The standard InChI is InChI=1S/C14H14FNO2/c1-4-16-6-10(7-17)14(18)11-5-8(2)9(3)12(15)13(11)16/h5-7H,4H2,1-3H3. The summed E-state index contributed by atoms with van der Waals surface area (Å²) >= 11 is 0. The molecule has 4 heteroatoms. The summed E-state index contributed by atoms with van der Waals surface area (Å²) in [6.45, 7) is 5.77. The van der Waals surface area contributed by atoms with Crippen LogP contribution in [0.5, 0.6) is 0 Å². The molecule has 0 radical (unpaired) electrons. The van der Waals surface area contributed by atoms with Crippen LogP contribution in [0, 0.1) is 19.7 Å². The van der Waals surface area contributed by atoms with Gasteiger partial charge in [-0.2, -0.15) is 0 Å². The summed E-state index contributed by atoms with van der Waals surface area (Å²) in [4.78, 5) is 22.9. The summed E-state index contributed by atoms with van der Waals surface area (Å²) in [7, 11) is 0. The molecule has 0 N–H and O–H groups in total. The first-order valence-electron chi connectivity index (χ1n) is 5.79. The molecule has 18 heavy (non-hydrogen) atoms. The second kappa shape index (κ2) is 4.37. The Kier molecular flexibility index (Phi) is 3.03. The molecule has 0 bridgehead atoms. The van der Waals surface area contributed by atoms with Gasteiger partial charge in [0.05, 0.1) is 11.1 Å². The molecule has 1 heterocycles. The molecule has 94 valence electrons. The molecule has 0 aliphatic carbocycles. The monoisotopic (exact) mass is 247 g/mol. The van der Waals surface area contributed by atoms with Gasteiger partial charge >= 0.3 is 0 Å². The molecule has 0 fully saturated rings. The lowest BCUT2D eigenvalue weighted by molar-refractivity contribution is 0.112. The number of hydrogen-bond donors (Lipinski definition) is 0. The van der Waals surface area contributed by atoms with E-state index in [-0.39, 0.29) is 22.3 Å². The average Bonchev–Trinajstić information content (AvgIpc) is 2.37. The van der Waals surface area contributed by atoms with Crippen molar-refractivity contribution in [1.82, 2.24) is 4.57 Å². The molecule has 2 aromatic rings. The van der Waals surface area contributed by atoms with Crippen LogP contribution >= 0.6 is 0 Å². The molecule has 3 nitrogen and oxygen atoms in total. The fourth-order valence-corrected chi connectivity index (χ4v) is 2.10. The van der Waals surface area contributed by atoms with E-state index in [4.69, 9.17) is 0 Å². The Labute approximate surface area is 104 Å². The third kappa shape index (κ3) is 1.65. The number of aldehydes is 1. The maximum atomic E-state index is 14.3. The maximum Gasteiger partial charge on any atom is 0.200 e. The largest absolute Gasteiger partial charge is 0.344 e.